The van der Waals surface area contributed by atoms with Crippen molar-refractivity contribution < 1.29 is 19.4 Å². The number of hydrogen-bond acceptors (Lipinski definition) is 5. The number of amides is 1. The molecule has 1 heterocycles. The predicted octanol–water partition coefficient (Wildman–Crippen LogP) is 1.39. The number of benzene rings is 1. The van der Waals surface area contributed by atoms with Crippen LogP contribution in [0.4, 0.5) is 5.69 Å². The van der Waals surface area contributed by atoms with Crippen molar-refractivity contribution in [1.29, 1.82) is 0 Å². The molecular weight excluding hydrogens is 334 g/mol. The number of carboxylic acids is 1. The van der Waals surface area contributed by atoms with Crippen LogP contribution in [0.25, 0.3) is 0 Å². The third-order valence-corrected chi connectivity index (χ3v) is 4.59. The van der Waals surface area contributed by atoms with E-state index in [1.165, 1.54) is 0 Å². The highest BCUT2D eigenvalue weighted by Gasteiger charge is 2.26. The first-order valence-corrected chi connectivity index (χ1v) is 9.10. The van der Waals surface area contributed by atoms with E-state index in [1.54, 1.807) is 16.8 Å². The minimum atomic E-state index is -0.871. The number of rotatable bonds is 8. The summed E-state index contributed by atoms with van der Waals surface area (Å²) in [4.78, 5) is 29.3. The molecule has 1 saturated heterocycles. The fourth-order valence-corrected chi connectivity index (χ4v) is 3.24. The Morgan fingerprint density at radius 2 is 1.88 bits per heavy atom. The molecule has 26 heavy (non-hydrogen) atoms. The normalized spacial score (nSPS) is 17.4. The van der Waals surface area contributed by atoms with Crippen LogP contribution in [0.5, 0.6) is 0 Å². The summed E-state index contributed by atoms with van der Waals surface area (Å²) in [5.74, 6) is -0.880. The van der Waals surface area contributed by atoms with Crippen LogP contribution < -0.4 is 4.90 Å². The molecule has 0 aromatic heterocycles. The van der Waals surface area contributed by atoms with Gasteiger partial charge in [-0.2, -0.15) is 0 Å². The molecule has 0 spiro atoms. The Kier molecular flexibility index (Phi) is 7.41. The second-order valence-corrected chi connectivity index (χ2v) is 6.55. The van der Waals surface area contributed by atoms with E-state index in [2.05, 4.69) is 18.7 Å². The van der Waals surface area contributed by atoms with E-state index < -0.39 is 5.97 Å². The molecule has 1 unspecified atom stereocenters. The maximum atomic E-state index is 12.8. The maximum Gasteiger partial charge on any atom is 0.317 e. The number of nitrogens with zero attached hydrogens (tertiary/aromatic N) is 3. The highest BCUT2D eigenvalue weighted by Crippen LogP contribution is 2.17. The van der Waals surface area contributed by atoms with Crippen LogP contribution in [0.2, 0.25) is 0 Å². The topological polar surface area (TPSA) is 73.3 Å². The molecule has 1 aromatic rings. The van der Waals surface area contributed by atoms with E-state index in [1.807, 2.05) is 24.3 Å². The molecule has 0 saturated carbocycles. The number of hydrogen-bond donors (Lipinski definition) is 1. The van der Waals surface area contributed by atoms with Gasteiger partial charge in [0, 0.05) is 44.0 Å². The summed E-state index contributed by atoms with van der Waals surface area (Å²) in [5.41, 5.74) is 1.78. The van der Waals surface area contributed by atoms with Crippen LogP contribution in [0.15, 0.2) is 24.3 Å². The van der Waals surface area contributed by atoms with Crippen LogP contribution >= 0.6 is 0 Å². The van der Waals surface area contributed by atoms with E-state index in [0.29, 0.717) is 31.8 Å². The minimum Gasteiger partial charge on any atom is -0.480 e. The van der Waals surface area contributed by atoms with Crippen LogP contribution in [-0.2, 0) is 9.53 Å². The van der Waals surface area contributed by atoms with E-state index >= 15 is 0 Å². The molecule has 144 valence electrons. The molecule has 1 aromatic carbocycles. The SMILES string of the molecule is CCN(CC)c1ccc(C(=O)N2CCOC(CN(C)CC(=O)O)C2)cc1. The summed E-state index contributed by atoms with van der Waals surface area (Å²) in [6.07, 6.45) is -0.174. The van der Waals surface area contributed by atoms with Gasteiger partial charge < -0.3 is 19.6 Å². The monoisotopic (exact) mass is 363 g/mol. The number of carbonyl (C=O) groups excluding carboxylic acids is 1. The lowest BCUT2D eigenvalue weighted by molar-refractivity contribution is -0.138. The first-order valence-electron chi connectivity index (χ1n) is 9.10. The van der Waals surface area contributed by atoms with Gasteiger partial charge in [-0.3, -0.25) is 14.5 Å². The zero-order chi connectivity index (χ0) is 19.1. The van der Waals surface area contributed by atoms with Crippen molar-refractivity contribution in [1.82, 2.24) is 9.80 Å². The predicted molar refractivity (Wildman–Crippen MR) is 101 cm³/mol. The van der Waals surface area contributed by atoms with Crippen molar-refractivity contribution >= 4 is 17.6 Å². The molecule has 0 radical (unpaired) electrons. The number of aliphatic carboxylic acids is 1. The van der Waals surface area contributed by atoms with Crippen molar-refractivity contribution in [2.24, 2.45) is 0 Å². The number of ether oxygens (including phenoxy) is 1. The van der Waals surface area contributed by atoms with Gasteiger partial charge in [0.25, 0.3) is 5.91 Å². The molecule has 1 N–H and O–H groups in total. The summed E-state index contributed by atoms with van der Waals surface area (Å²) in [7, 11) is 1.74. The highest BCUT2D eigenvalue weighted by atomic mass is 16.5. The van der Waals surface area contributed by atoms with Crippen LogP contribution in [0, 0.1) is 0 Å². The average Bonchev–Trinajstić information content (AvgIpc) is 2.62. The van der Waals surface area contributed by atoms with Gasteiger partial charge in [0.2, 0.25) is 0 Å². The molecule has 1 fully saturated rings. The van der Waals surface area contributed by atoms with Crippen LogP contribution in [0.1, 0.15) is 24.2 Å². The number of likely N-dealkylation sites (N-methyl/N-ethyl adjacent to an activating group) is 1. The lowest BCUT2D eigenvalue weighted by Crippen LogP contribution is -2.49. The molecular formula is C19H29N3O4. The van der Waals surface area contributed by atoms with Crippen molar-refractivity contribution in [3.8, 4) is 0 Å². The Labute approximate surface area is 155 Å². The highest BCUT2D eigenvalue weighted by molar-refractivity contribution is 5.94. The second-order valence-electron chi connectivity index (χ2n) is 6.55. The zero-order valence-electron chi connectivity index (χ0n) is 15.9. The molecule has 1 atom stereocenters. The van der Waals surface area contributed by atoms with Gasteiger partial charge in [0.1, 0.15) is 0 Å². The summed E-state index contributed by atoms with van der Waals surface area (Å²) in [6, 6.07) is 7.71. The van der Waals surface area contributed by atoms with Gasteiger partial charge in [-0.15, -0.1) is 0 Å². The fraction of sp³-hybridized carbons (Fsp3) is 0.579. The van der Waals surface area contributed by atoms with Crippen LogP contribution in [0.3, 0.4) is 0 Å². The Morgan fingerprint density at radius 3 is 2.46 bits per heavy atom. The number of anilines is 1. The summed E-state index contributed by atoms with van der Waals surface area (Å²) < 4.78 is 5.69. The van der Waals surface area contributed by atoms with E-state index in [-0.39, 0.29) is 18.6 Å². The summed E-state index contributed by atoms with van der Waals surface area (Å²) >= 11 is 0. The van der Waals surface area contributed by atoms with Gasteiger partial charge in [-0.25, -0.2) is 0 Å². The molecule has 7 nitrogen and oxygen atoms in total. The Bertz CT molecular complexity index is 601. The molecule has 0 aliphatic carbocycles. The molecule has 1 aliphatic rings. The molecule has 2 rings (SSSR count). The van der Waals surface area contributed by atoms with E-state index in [4.69, 9.17) is 9.84 Å². The van der Waals surface area contributed by atoms with Gasteiger partial charge in [-0.1, -0.05) is 0 Å². The van der Waals surface area contributed by atoms with E-state index in [0.717, 1.165) is 18.8 Å². The molecule has 0 bridgehead atoms. The van der Waals surface area contributed by atoms with E-state index in [9.17, 15) is 9.59 Å². The van der Waals surface area contributed by atoms with Gasteiger partial charge in [0.05, 0.1) is 19.3 Å². The smallest absolute Gasteiger partial charge is 0.317 e. The Balaban J connectivity index is 1.97. The quantitative estimate of drug-likeness (QED) is 0.752. The molecule has 1 amide bonds. The van der Waals surface area contributed by atoms with Gasteiger partial charge >= 0.3 is 5.97 Å². The Hall–Kier alpha value is -2.12. The second kappa shape index (κ2) is 9.54. The van der Waals surface area contributed by atoms with Crippen molar-refractivity contribution in [3.05, 3.63) is 29.8 Å². The largest absolute Gasteiger partial charge is 0.480 e. The van der Waals surface area contributed by atoms with Gasteiger partial charge in [-0.05, 0) is 45.2 Å². The zero-order valence-corrected chi connectivity index (χ0v) is 15.9. The molecule has 7 heteroatoms. The number of morpholine rings is 1. The third-order valence-electron chi connectivity index (χ3n) is 4.59. The van der Waals surface area contributed by atoms with Crippen molar-refractivity contribution in [2.75, 3.05) is 57.8 Å². The Morgan fingerprint density at radius 1 is 1.23 bits per heavy atom. The lowest BCUT2D eigenvalue weighted by atomic mass is 10.1. The van der Waals surface area contributed by atoms with Crippen molar-refractivity contribution in [2.45, 2.75) is 20.0 Å². The lowest BCUT2D eigenvalue weighted by Gasteiger charge is -2.34. The number of carbonyl (C=O) groups is 2. The molecule has 1 aliphatic heterocycles. The summed E-state index contributed by atoms with van der Waals surface area (Å²) in [6.45, 7) is 8.01. The third kappa shape index (κ3) is 5.44. The first kappa shape index (κ1) is 20.2. The average molecular weight is 363 g/mol. The fourth-order valence-electron chi connectivity index (χ4n) is 3.24. The standard InChI is InChI=1S/C19H29N3O4/c1-4-21(5-2)16-8-6-15(7-9-16)19(25)22-10-11-26-17(13-22)12-20(3)14-18(23)24/h6-9,17H,4-5,10-14H2,1-3H3,(H,23,24). The van der Waals surface area contributed by atoms with Crippen molar-refractivity contribution in [3.63, 3.8) is 0 Å². The van der Waals surface area contributed by atoms with Crippen LogP contribution in [-0.4, -0.2) is 85.8 Å². The summed E-state index contributed by atoms with van der Waals surface area (Å²) in [5, 5.41) is 8.85. The number of carboxylic acid groups (broad SMARTS) is 1. The maximum absolute atomic E-state index is 12.8. The first-order chi connectivity index (χ1) is 12.4. The van der Waals surface area contributed by atoms with Gasteiger partial charge in [0.15, 0.2) is 0 Å². The minimum absolute atomic E-state index is 0.00900.